The monoisotopic (exact) mass is 224 g/mol. The molecule has 0 spiro atoms. The molecule has 88 valence electrons. The molecule has 1 aliphatic rings. The molecular weight excluding hydrogens is 208 g/mol. The third kappa shape index (κ3) is 2.07. The lowest BCUT2D eigenvalue weighted by Crippen LogP contribution is -2.50. The van der Waals surface area contributed by atoms with Gasteiger partial charge in [0.2, 0.25) is 0 Å². The molecule has 2 unspecified atom stereocenters. The first-order chi connectivity index (χ1) is 7.72. The normalized spacial score (nSPS) is 25.8. The van der Waals surface area contributed by atoms with Gasteiger partial charge in [0.05, 0.1) is 37.2 Å². The molecule has 6 heteroatoms. The van der Waals surface area contributed by atoms with Crippen molar-refractivity contribution in [2.24, 2.45) is 0 Å². The van der Waals surface area contributed by atoms with Gasteiger partial charge in [-0.3, -0.25) is 0 Å². The van der Waals surface area contributed by atoms with E-state index in [-0.39, 0.29) is 18.8 Å². The van der Waals surface area contributed by atoms with Gasteiger partial charge in [0, 0.05) is 6.54 Å². The Morgan fingerprint density at radius 3 is 3.19 bits per heavy atom. The van der Waals surface area contributed by atoms with E-state index in [0.29, 0.717) is 24.7 Å². The lowest BCUT2D eigenvalue weighted by Gasteiger charge is -2.38. The molecule has 6 nitrogen and oxygen atoms in total. The van der Waals surface area contributed by atoms with E-state index < -0.39 is 0 Å². The molecule has 16 heavy (non-hydrogen) atoms. The Bertz CT molecular complexity index is 360. The van der Waals surface area contributed by atoms with Crippen LogP contribution >= 0.6 is 0 Å². The van der Waals surface area contributed by atoms with Crippen LogP contribution in [0.25, 0.3) is 0 Å². The van der Waals surface area contributed by atoms with Crippen LogP contribution in [0.5, 0.6) is 0 Å². The molecule has 1 fully saturated rings. The van der Waals surface area contributed by atoms with Gasteiger partial charge in [-0.2, -0.15) is 0 Å². The molecule has 0 saturated carbocycles. The summed E-state index contributed by atoms with van der Waals surface area (Å²) in [7, 11) is 0. The Kier molecular flexibility index (Phi) is 3.21. The van der Waals surface area contributed by atoms with E-state index in [4.69, 9.17) is 15.6 Å². The van der Waals surface area contributed by atoms with E-state index in [1.165, 1.54) is 6.33 Å². The number of nitrogens with two attached hydrogens (primary N) is 1. The number of aromatic nitrogens is 2. The minimum absolute atomic E-state index is 0.00814. The molecule has 2 heterocycles. The molecule has 2 rings (SSSR count). The molecule has 1 aromatic heterocycles. The number of nitrogen functional groups attached to an aromatic ring is 1. The molecule has 0 bridgehead atoms. The maximum atomic E-state index is 9.10. The number of rotatable bonds is 2. The third-order valence-electron chi connectivity index (χ3n) is 2.70. The van der Waals surface area contributed by atoms with E-state index in [0.717, 1.165) is 0 Å². The Labute approximate surface area is 94.1 Å². The van der Waals surface area contributed by atoms with Gasteiger partial charge in [-0.15, -0.1) is 0 Å². The number of morpholine rings is 1. The summed E-state index contributed by atoms with van der Waals surface area (Å²) >= 11 is 0. The highest BCUT2D eigenvalue weighted by molar-refractivity contribution is 5.61. The number of hydrogen-bond donors (Lipinski definition) is 2. The first-order valence-corrected chi connectivity index (χ1v) is 5.27. The summed E-state index contributed by atoms with van der Waals surface area (Å²) in [5.74, 6) is 0.712. The van der Waals surface area contributed by atoms with Crippen LogP contribution in [0.15, 0.2) is 12.5 Å². The predicted octanol–water partition coefficient (Wildman–Crippen LogP) is -0.355. The highest BCUT2D eigenvalue weighted by Crippen LogP contribution is 2.23. The number of aliphatic hydroxyl groups is 1. The number of aliphatic hydroxyl groups excluding tert-OH is 1. The Morgan fingerprint density at radius 2 is 2.50 bits per heavy atom. The van der Waals surface area contributed by atoms with Crippen molar-refractivity contribution >= 4 is 11.5 Å². The van der Waals surface area contributed by atoms with E-state index >= 15 is 0 Å². The molecule has 0 aliphatic carbocycles. The molecule has 1 aromatic rings. The van der Waals surface area contributed by atoms with Crippen molar-refractivity contribution in [2.75, 3.05) is 30.4 Å². The molecular formula is C10H16N4O2. The largest absolute Gasteiger partial charge is 0.394 e. The lowest BCUT2D eigenvalue weighted by atomic mass is 10.2. The highest BCUT2D eigenvalue weighted by atomic mass is 16.5. The number of ether oxygens (including phenoxy) is 1. The summed E-state index contributed by atoms with van der Waals surface area (Å²) in [5, 5.41) is 9.10. The van der Waals surface area contributed by atoms with E-state index in [1.807, 2.05) is 11.8 Å². The summed E-state index contributed by atoms with van der Waals surface area (Å²) in [4.78, 5) is 10.1. The zero-order valence-corrected chi connectivity index (χ0v) is 9.21. The average Bonchev–Trinajstić information content (AvgIpc) is 2.31. The van der Waals surface area contributed by atoms with Crippen LogP contribution in [0, 0.1) is 0 Å². The van der Waals surface area contributed by atoms with Gasteiger partial charge in [0.1, 0.15) is 6.33 Å². The van der Waals surface area contributed by atoms with E-state index in [1.54, 1.807) is 6.20 Å². The minimum Gasteiger partial charge on any atom is -0.394 e. The fraction of sp³-hybridized carbons (Fsp3) is 0.600. The van der Waals surface area contributed by atoms with Crippen LogP contribution in [0.4, 0.5) is 11.5 Å². The van der Waals surface area contributed by atoms with Gasteiger partial charge >= 0.3 is 0 Å². The van der Waals surface area contributed by atoms with E-state index in [9.17, 15) is 0 Å². The van der Waals surface area contributed by atoms with Crippen LogP contribution in [-0.4, -0.2) is 47.0 Å². The maximum Gasteiger partial charge on any atom is 0.155 e. The second kappa shape index (κ2) is 4.63. The van der Waals surface area contributed by atoms with Crippen molar-refractivity contribution in [2.45, 2.75) is 19.1 Å². The summed E-state index contributed by atoms with van der Waals surface area (Å²) < 4.78 is 5.46. The van der Waals surface area contributed by atoms with Gasteiger partial charge in [0.15, 0.2) is 5.82 Å². The molecule has 0 aromatic carbocycles. The van der Waals surface area contributed by atoms with Gasteiger partial charge < -0.3 is 20.5 Å². The molecule has 0 radical (unpaired) electrons. The maximum absolute atomic E-state index is 9.10. The summed E-state index contributed by atoms with van der Waals surface area (Å²) in [6, 6.07) is 0.194. The van der Waals surface area contributed by atoms with E-state index in [2.05, 4.69) is 9.97 Å². The molecule has 1 aliphatic heterocycles. The highest BCUT2D eigenvalue weighted by Gasteiger charge is 2.27. The number of hydrogen-bond acceptors (Lipinski definition) is 6. The van der Waals surface area contributed by atoms with Crippen LogP contribution in [0.3, 0.4) is 0 Å². The molecule has 3 N–H and O–H groups in total. The van der Waals surface area contributed by atoms with Gasteiger partial charge in [-0.25, -0.2) is 9.97 Å². The topological polar surface area (TPSA) is 84.5 Å². The zero-order chi connectivity index (χ0) is 11.5. The smallest absolute Gasteiger partial charge is 0.155 e. The minimum atomic E-state index is -0.175. The van der Waals surface area contributed by atoms with Crippen LogP contribution in [0.1, 0.15) is 6.92 Å². The van der Waals surface area contributed by atoms with Crippen LogP contribution in [0.2, 0.25) is 0 Å². The van der Waals surface area contributed by atoms with Crippen molar-refractivity contribution in [3.05, 3.63) is 12.5 Å². The fourth-order valence-corrected chi connectivity index (χ4v) is 1.80. The number of anilines is 2. The third-order valence-corrected chi connectivity index (χ3v) is 2.70. The Morgan fingerprint density at radius 1 is 1.69 bits per heavy atom. The summed E-state index contributed by atoms with van der Waals surface area (Å²) in [6.07, 6.45) is 2.88. The van der Waals surface area contributed by atoms with Crippen molar-refractivity contribution < 1.29 is 9.84 Å². The quantitative estimate of drug-likeness (QED) is 0.714. The first kappa shape index (κ1) is 11.1. The number of nitrogens with zero attached hydrogens (tertiary/aromatic N) is 3. The summed E-state index contributed by atoms with van der Waals surface area (Å²) in [5.41, 5.74) is 6.38. The second-order valence-electron chi connectivity index (χ2n) is 3.94. The van der Waals surface area contributed by atoms with Gasteiger partial charge in [-0.1, -0.05) is 0 Å². The van der Waals surface area contributed by atoms with Crippen molar-refractivity contribution in [1.29, 1.82) is 0 Å². The van der Waals surface area contributed by atoms with Crippen molar-refractivity contribution in [3.8, 4) is 0 Å². The zero-order valence-electron chi connectivity index (χ0n) is 9.21. The van der Waals surface area contributed by atoms with Crippen LogP contribution in [-0.2, 0) is 4.74 Å². The molecule has 2 atom stereocenters. The van der Waals surface area contributed by atoms with Crippen molar-refractivity contribution in [3.63, 3.8) is 0 Å². The van der Waals surface area contributed by atoms with Gasteiger partial charge in [0.25, 0.3) is 0 Å². The van der Waals surface area contributed by atoms with Crippen molar-refractivity contribution in [1.82, 2.24) is 9.97 Å². The predicted molar refractivity (Wildman–Crippen MR) is 60.1 cm³/mol. The molecule has 1 saturated heterocycles. The van der Waals surface area contributed by atoms with Gasteiger partial charge in [-0.05, 0) is 6.92 Å². The fourth-order valence-electron chi connectivity index (χ4n) is 1.80. The SMILES string of the molecule is CC1COC(CO)CN1c1ncncc1N. The lowest BCUT2D eigenvalue weighted by molar-refractivity contribution is -0.0105. The Balaban J connectivity index is 2.21. The Hall–Kier alpha value is -1.40. The van der Waals surface area contributed by atoms with Crippen LogP contribution < -0.4 is 10.6 Å². The average molecular weight is 224 g/mol. The second-order valence-corrected chi connectivity index (χ2v) is 3.94. The standard InChI is InChI=1S/C10H16N4O2/c1-7-5-16-8(4-15)3-14(7)10-9(11)2-12-6-13-10/h2,6-8,15H,3-5,11H2,1H3. The summed E-state index contributed by atoms with van der Waals surface area (Å²) in [6.45, 7) is 3.21. The first-order valence-electron chi connectivity index (χ1n) is 5.27. The molecule has 0 amide bonds.